The fraction of sp³-hybridized carbons (Fsp3) is 0.316. The first kappa shape index (κ1) is 20.9. The molecule has 2 aromatic rings. The van der Waals surface area contributed by atoms with Crippen molar-refractivity contribution >= 4 is 40.8 Å². The molecule has 0 saturated carbocycles. The molecule has 0 aliphatic carbocycles. The maximum absolute atomic E-state index is 12.2. The van der Waals surface area contributed by atoms with Gasteiger partial charge in [-0.3, -0.25) is 4.79 Å². The zero-order valence-corrected chi connectivity index (χ0v) is 16.8. The molecule has 2 aromatic heterocycles. The van der Waals surface area contributed by atoms with Crippen molar-refractivity contribution in [2.24, 2.45) is 0 Å². The third-order valence-electron chi connectivity index (χ3n) is 3.95. The van der Waals surface area contributed by atoms with Gasteiger partial charge < -0.3 is 14.0 Å². The number of nitriles is 1. The van der Waals surface area contributed by atoms with Crippen molar-refractivity contribution in [1.82, 2.24) is 4.57 Å². The molecule has 0 spiro atoms. The molecule has 0 amide bonds. The summed E-state index contributed by atoms with van der Waals surface area (Å²) in [5.74, 6) is -1.20. The standard InChI is InChI=1S/C19H19ClN2O4S/c1-12-8-14(13(2)22(12)6-7-25-3)9-15(10-21)19(24)26-11-16(23)17-4-5-18(20)27-17/h4-5,8-9H,6-7,11H2,1-3H3. The number of ether oxygens (including phenoxy) is 2. The van der Waals surface area contributed by atoms with Crippen LogP contribution in [0.5, 0.6) is 0 Å². The summed E-state index contributed by atoms with van der Waals surface area (Å²) in [5.41, 5.74) is 2.48. The molecule has 0 fully saturated rings. The van der Waals surface area contributed by atoms with Gasteiger partial charge in [-0.1, -0.05) is 11.6 Å². The zero-order chi connectivity index (χ0) is 20.0. The average molecular weight is 407 g/mol. The topological polar surface area (TPSA) is 81.3 Å². The molecule has 0 aliphatic rings. The lowest BCUT2D eigenvalue weighted by Crippen LogP contribution is -2.14. The molecule has 142 valence electrons. The van der Waals surface area contributed by atoms with E-state index in [1.54, 1.807) is 19.2 Å². The number of hydrogen-bond donors (Lipinski definition) is 0. The molecule has 0 N–H and O–H groups in total. The van der Waals surface area contributed by atoms with Crippen molar-refractivity contribution in [3.8, 4) is 6.07 Å². The lowest BCUT2D eigenvalue weighted by atomic mass is 10.1. The van der Waals surface area contributed by atoms with Gasteiger partial charge in [0.2, 0.25) is 5.78 Å². The lowest BCUT2D eigenvalue weighted by molar-refractivity contribution is -0.137. The molecule has 0 bridgehead atoms. The molecule has 0 unspecified atom stereocenters. The maximum Gasteiger partial charge on any atom is 0.349 e. The van der Waals surface area contributed by atoms with Crippen LogP contribution in [-0.2, 0) is 20.8 Å². The van der Waals surface area contributed by atoms with Gasteiger partial charge in [-0.25, -0.2) is 4.79 Å². The zero-order valence-electron chi connectivity index (χ0n) is 15.2. The second kappa shape index (κ2) is 9.51. The van der Waals surface area contributed by atoms with Crippen molar-refractivity contribution in [2.45, 2.75) is 20.4 Å². The van der Waals surface area contributed by atoms with E-state index in [2.05, 4.69) is 0 Å². The first-order valence-electron chi connectivity index (χ1n) is 8.10. The predicted molar refractivity (Wildman–Crippen MR) is 104 cm³/mol. The number of halogens is 1. The Kier molecular flexibility index (Phi) is 7.36. The molecule has 0 atom stereocenters. The first-order chi connectivity index (χ1) is 12.9. The Balaban J connectivity index is 2.10. The molecule has 0 aromatic carbocycles. The molecule has 2 rings (SSSR count). The number of aryl methyl sites for hydroxylation is 1. The van der Waals surface area contributed by atoms with Crippen LogP contribution in [0.3, 0.4) is 0 Å². The largest absolute Gasteiger partial charge is 0.453 e. The van der Waals surface area contributed by atoms with E-state index in [4.69, 9.17) is 21.1 Å². The fourth-order valence-corrected chi connectivity index (χ4v) is 3.50. The number of thiophene rings is 1. The van der Waals surface area contributed by atoms with E-state index in [9.17, 15) is 14.9 Å². The molecular weight excluding hydrogens is 388 g/mol. The smallest absolute Gasteiger partial charge is 0.349 e. The van der Waals surface area contributed by atoms with E-state index in [1.807, 2.05) is 30.6 Å². The summed E-state index contributed by atoms with van der Waals surface area (Å²) in [7, 11) is 1.63. The molecule has 8 heteroatoms. The minimum absolute atomic E-state index is 0.168. The van der Waals surface area contributed by atoms with Crippen LogP contribution in [0.1, 0.15) is 26.6 Å². The highest BCUT2D eigenvalue weighted by atomic mass is 35.5. The summed E-state index contributed by atoms with van der Waals surface area (Å²) in [6.45, 7) is 4.63. The Bertz CT molecular complexity index is 921. The van der Waals surface area contributed by atoms with Gasteiger partial charge in [0.1, 0.15) is 11.6 Å². The summed E-state index contributed by atoms with van der Waals surface area (Å²) >= 11 is 6.90. The number of rotatable bonds is 8. The van der Waals surface area contributed by atoms with Crippen LogP contribution < -0.4 is 0 Å². The molecule has 0 aliphatic heterocycles. The number of aromatic nitrogens is 1. The molecule has 2 heterocycles. The fourth-order valence-electron chi connectivity index (χ4n) is 2.54. The van der Waals surface area contributed by atoms with Crippen molar-refractivity contribution in [3.05, 3.63) is 49.9 Å². The number of ketones is 1. The summed E-state index contributed by atoms with van der Waals surface area (Å²) in [5, 5.41) is 9.31. The number of Topliss-reactive ketones (excluding diaryl/α,β-unsaturated/α-hetero) is 1. The van der Waals surface area contributed by atoms with Crippen molar-refractivity contribution in [1.29, 1.82) is 5.26 Å². The number of carbonyl (C=O) groups excluding carboxylic acids is 2. The monoisotopic (exact) mass is 406 g/mol. The Labute approximate surface area is 166 Å². The SMILES string of the molecule is COCCn1c(C)cc(C=C(C#N)C(=O)OCC(=O)c2ccc(Cl)s2)c1C. The van der Waals surface area contributed by atoms with Crippen molar-refractivity contribution < 1.29 is 19.1 Å². The molecule has 27 heavy (non-hydrogen) atoms. The van der Waals surface area contributed by atoms with Crippen LogP contribution in [0.15, 0.2) is 23.8 Å². The van der Waals surface area contributed by atoms with Crippen LogP contribution in [-0.4, -0.2) is 36.6 Å². The number of methoxy groups -OCH3 is 1. The van der Waals surface area contributed by atoms with Gasteiger partial charge in [0, 0.05) is 25.0 Å². The average Bonchev–Trinajstić information content (AvgIpc) is 3.19. The van der Waals surface area contributed by atoms with Gasteiger partial charge in [0.05, 0.1) is 15.8 Å². The van der Waals surface area contributed by atoms with Gasteiger partial charge in [-0.2, -0.15) is 5.26 Å². The third kappa shape index (κ3) is 5.30. The summed E-state index contributed by atoms with van der Waals surface area (Å²) in [6.07, 6.45) is 1.47. The van der Waals surface area contributed by atoms with E-state index < -0.39 is 12.6 Å². The molecule has 0 saturated heterocycles. The van der Waals surface area contributed by atoms with E-state index in [0.29, 0.717) is 22.4 Å². The summed E-state index contributed by atoms with van der Waals surface area (Å²) < 4.78 is 12.6. The summed E-state index contributed by atoms with van der Waals surface area (Å²) in [4.78, 5) is 24.6. The highest BCUT2D eigenvalue weighted by molar-refractivity contribution is 7.18. The predicted octanol–water partition coefficient (Wildman–Crippen LogP) is 3.80. The van der Waals surface area contributed by atoms with E-state index in [1.165, 1.54) is 6.08 Å². The van der Waals surface area contributed by atoms with Gasteiger partial charge in [-0.05, 0) is 43.7 Å². The number of carbonyl (C=O) groups is 2. The first-order valence-corrected chi connectivity index (χ1v) is 9.30. The van der Waals surface area contributed by atoms with Crippen molar-refractivity contribution in [2.75, 3.05) is 20.3 Å². The quantitative estimate of drug-likeness (QED) is 0.288. The Morgan fingerprint density at radius 2 is 2.11 bits per heavy atom. The minimum Gasteiger partial charge on any atom is -0.453 e. The van der Waals surface area contributed by atoms with E-state index >= 15 is 0 Å². The summed E-state index contributed by atoms with van der Waals surface area (Å²) in [6, 6.07) is 6.89. The highest BCUT2D eigenvalue weighted by Crippen LogP contribution is 2.22. The van der Waals surface area contributed by atoms with Crippen LogP contribution >= 0.6 is 22.9 Å². The molecule has 0 radical (unpaired) electrons. The molecule has 6 nitrogen and oxygen atoms in total. The van der Waals surface area contributed by atoms with Crippen LogP contribution in [0.25, 0.3) is 6.08 Å². The maximum atomic E-state index is 12.2. The molecular formula is C19H19ClN2O4S. The van der Waals surface area contributed by atoms with Crippen LogP contribution in [0, 0.1) is 25.2 Å². The number of hydrogen-bond acceptors (Lipinski definition) is 6. The highest BCUT2D eigenvalue weighted by Gasteiger charge is 2.17. The Morgan fingerprint density at radius 1 is 1.37 bits per heavy atom. The third-order valence-corrected chi connectivity index (χ3v) is 5.23. The number of nitrogens with zero attached hydrogens (tertiary/aromatic N) is 2. The normalized spacial score (nSPS) is 11.3. The Hall–Kier alpha value is -2.40. The van der Waals surface area contributed by atoms with E-state index in [-0.39, 0.29) is 11.4 Å². The Morgan fingerprint density at radius 3 is 2.70 bits per heavy atom. The van der Waals surface area contributed by atoms with Gasteiger partial charge in [-0.15, -0.1) is 11.3 Å². The number of esters is 1. The van der Waals surface area contributed by atoms with Crippen LogP contribution in [0.4, 0.5) is 0 Å². The van der Waals surface area contributed by atoms with Gasteiger partial charge in [0.25, 0.3) is 0 Å². The second-order valence-corrected chi connectivity index (χ2v) is 7.46. The van der Waals surface area contributed by atoms with E-state index in [0.717, 1.165) is 28.3 Å². The van der Waals surface area contributed by atoms with Gasteiger partial charge >= 0.3 is 5.97 Å². The second-order valence-electron chi connectivity index (χ2n) is 5.74. The van der Waals surface area contributed by atoms with Gasteiger partial charge in [0.15, 0.2) is 6.61 Å². The van der Waals surface area contributed by atoms with Crippen LogP contribution in [0.2, 0.25) is 4.34 Å². The lowest BCUT2D eigenvalue weighted by Gasteiger charge is -2.08. The minimum atomic E-state index is -0.838. The van der Waals surface area contributed by atoms with Crippen molar-refractivity contribution in [3.63, 3.8) is 0 Å².